The van der Waals surface area contributed by atoms with Gasteiger partial charge in [-0.2, -0.15) is 26.3 Å². The first-order chi connectivity index (χ1) is 17.0. The van der Waals surface area contributed by atoms with Crippen molar-refractivity contribution in [2.24, 2.45) is 17.3 Å². The third-order valence-electron chi connectivity index (χ3n) is 6.67. The maximum Gasteiger partial charge on any atom is 0.418 e. The molecule has 2 aromatic rings. The van der Waals surface area contributed by atoms with E-state index in [1.807, 2.05) is 0 Å². The van der Waals surface area contributed by atoms with Crippen molar-refractivity contribution in [1.29, 1.82) is 0 Å². The number of hydrogen-bond acceptors (Lipinski definition) is 6. The zero-order valence-electron chi connectivity index (χ0n) is 19.1. The number of nitrogens with two attached hydrogens (primary N) is 2. The van der Waals surface area contributed by atoms with Crippen molar-refractivity contribution in [3.05, 3.63) is 47.5 Å². The quantitative estimate of drug-likeness (QED) is 0.266. The third kappa shape index (κ3) is 3.53. The lowest BCUT2D eigenvalue weighted by Gasteiger charge is -2.29. The van der Waals surface area contributed by atoms with Crippen molar-refractivity contribution in [3.63, 3.8) is 0 Å². The van der Waals surface area contributed by atoms with Crippen LogP contribution in [0.4, 0.5) is 49.1 Å². The highest BCUT2D eigenvalue weighted by Crippen LogP contribution is 2.58. The minimum atomic E-state index is -5.58. The molecule has 0 radical (unpaired) electrons. The fourth-order valence-electron chi connectivity index (χ4n) is 5.00. The van der Waals surface area contributed by atoms with Gasteiger partial charge in [-0.15, -0.1) is 0 Å². The number of nitrogens with zero attached hydrogens (tertiary/aromatic N) is 2. The van der Waals surface area contributed by atoms with Crippen LogP contribution in [0.2, 0.25) is 0 Å². The fourth-order valence-corrected chi connectivity index (χ4v) is 5.00. The topological polar surface area (TPSA) is 127 Å². The van der Waals surface area contributed by atoms with E-state index in [1.165, 1.54) is 25.1 Å². The summed E-state index contributed by atoms with van der Waals surface area (Å²) in [5.41, 5.74) is 4.55. The highest BCUT2D eigenvalue weighted by Gasteiger charge is 2.79. The molecule has 14 heteroatoms. The molecule has 2 aliphatic heterocycles. The highest BCUT2D eigenvalue weighted by atomic mass is 19.4. The van der Waals surface area contributed by atoms with Crippen LogP contribution in [0, 0.1) is 24.2 Å². The largest absolute Gasteiger partial charge is 0.418 e. The van der Waals surface area contributed by atoms with Gasteiger partial charge in [-0.25, -0.2) is 9.80 Å². The van der Waals surface area contributed by atoms with E-state index in [4.69, 9.17) is 11.5 Å². The second kappa shape index (κ2) is 7.95. The number of anilines is 4. The maximum absolute atomic E-state index is 14.4. The number of alkyl halides is 6. The molecule has 196 valence electrons. The van der Waals surface area contributed by atoms with Crippen molar-refractivity contribution in [3.8, 4) is 0 Å². The number of amides is 4. The van der Waals surface area contributed by atoms with Gasteiger partial charge < -0.3 is 11.5 Å². The standard InChI is InChI=1S/C23H18F6N4O4/c1-9-7-11(30)3-5-14(9)32-17(34)10(2)21(19(32)36)16(23(27,28)29)18(35)33(20(21)37)15-6-4-12(31)8-13(15)22(24,25)26/h3-8,10,16H,30-31H2,1-2H3/t10?,16-,21-/m0/s1. The lowest BCUT2D eigenvalue weighted by Crippen LogP contribution is -2.51. The second-order valence-corrected chi connectivity index (χ2v) is 8.84. The molecular formula is C23H18F6N4O4. The van der Waals surface area contributed by atoms with Gasteiger partial charge in [-0.3, -0.25) is 19.2 Å². The number of nitrogen functional groups attached to an aromatic ring is 2. The number of halogens is 6. The summed E-state index contributed by atoms with van der Waals surface area (Å²) in [4.78, 5) is 53.6. The van der Waals surface area contributed by atoms with Gasteiger partial charge >= 0.3 is 12.4 Å². The van der Waals surface area contributed by atoms with E-state index < -0.39 is 70.2 Å². The Morgan fingerprint density at radius 1 is 0.784 bits per heavy atom. The van der Waals surface area contributed by atoms with Gasteiger partial charge in [0, 0.05) is 11.4 Å². The highest BCUT2D eigenvalue weighted by molar-refractivity contribution is 6.39. The van der Waals surface area contributed by atoms with Gasteiger partial charge in [0.05, 0.1) is 22.9 Å². The lowest BCUT2D eigenvalue weighted by atomic mass is 9.69. The number of rotatable bonds is 2. The molecule has 0 saturated carbocycles. The normalized spacial score (nSPS) is 24.6. The van der Waals surface area contributed by atoms with Gasteiger partial charge in [-0.05, 0) is 48.9 Å². The monoisotopic (exact) mass is 528 g/mol. The average molecular weight is 528 g/mol. The molecule has 2 heterocycles. The summed E-state index contributed by atoms with van der Waals surface area (Å²) >= 11 is 0. The van der Waals surface area contributed by atoms with Crippen LogP contribution in [0.3, 0.4) is 0 Å². The van der Waals surface area contributed by atoms with Crippen LogP contribution < -0.4 is 21.3 Å². The molecule has 4 amide bonds. The molecular weight excluding hydrogens is 510 g/mol. The van der Waals surface area contributed by atoms with Crippen LogP contribution in [0.1, 0.15) is 18.1 Å². The van der Waals surface area contributed by atoms with Crippen LogP contribution in [0.15, 0.2) is 36.4 Å². The van der Waals surface area contributed by atoms with Crippen molar-refractivity contribution >= 4 is 46.4 Å². The minimum absolute atomic E-state index is 0.184. The van der Waals surface area contributed by atoms with Gasteiger partial charge in [-0.1, -0.05) is 6.92 Å². The molecule has 2 aromatic carbocycles. The van der Waals surface area contributed by atoms with Crippen molar-refractivity contribution in [2.45, 2.75) is 26.2 Å². The van der Waals surface area contributed by atoms with E-state index in [1.54, 1.807) is 0 Å². The molecule has 0 aliphatic carbocycles. The summed E-state index contributed by atoms with van der Waals surface area (Å²) in [6.07, 6.45) is -10.8. The van der Waals surface area contributed by atoms with Gasteiger partial charge in [0.1, 0.15) is 0 Å². The van der Waals surface area contributed by atoms with Crippen molar-refractivity contribution < 1.29 is 45.5 Å². The molecule has 2 fully saturated rings. The average Bonchev–Trinajstić information content (AvgIpc) is 3.11. The maximum atomic E-state index is 14.4. The Balaban J connectivity index is 1.98. The Hall–Kier alpha value is -4.10. The molecule has 0 bridgehead atoms. The third-order valence-corrected chi connectivity index (χ3v) is 6.67. The summed E-state index contributed by atoms with van der Waals surface area (Å²) in [7, 11) is 0. The number of carbonyl (C=O) groups is 4. The Morgan fingerprint density at radius 2 is 1.27 bits per heavy atom. The molecule has 8 nitrogen and oxygen atoms in total. The van der Waals surface area contributed by atoms with E-state index in [9.17, 15) is 45.5 Å². The van der Waals surface area contributed by atoms with Crippen LogP contribution in [0.25, 0.3) is 0 Å². The van der Waals surface area contributed by atoms with E-state index in [-0.39, 0.29) is 21.8 Å². The number of aryl methyl sites for hydroxylation is 1. The first-order valence-electron chi connectivity index (χ1n) is 10.6. The lowest BCUT2D eigenvalue weighted by molar-refractivity contribution is -0.203. The summed E-state index contributed by atoms with van der Waals surface area (Å²) in [5, 5.41) is 0. The number of hydrogen-bond donors (Lipinski definition) is 2. The van der Waals surface area contributed by atoms with Crippen LogP contribution in [-0.2, 0) is 25.4 Å². The minimum Gasteiger partial charge on any atom is -0.399 e. The van der Waals surface area contributed by atoms with E-state index in [0.717, 1.165) is 13.0 Å². The molecule has 2 aliphatic rings. The predicted octanol–water partition coefficient (Wildman–Crippen LogP) is 3.43. The molecule has 2 saturated heterocycles. The van der Waals surface area contributed by atoms with E-state index in [0.29, 0.717) is 17.0 Å². The van der Waals surface area contributed by atoms with Gasteiger partial charge in [0.15, 0.2) is 11.3 Å². The fraction of sp³-hybridized carbons (Fsp3) is 0.304. The number of benzene rings is 2. The zero-order valence-corrected chi connectivity index (χ0v) is 19.1. The van der Waals surface area contributed by atoms with Crippen LogP contribution in [-0.4, -0.2) is 29.8 Å². The SMILES string of the molecule is Cc1cc(N)ccc1N1C(=O)C(C)[C@]2(C1=O)C(=O)N(c1ccc(N)cc1C(F)(F)F)C(=O)[C@@H]2C(F)(F)F. The Labute approximate surface area is 204 Å². The molecule has 3 atom stereocenters. The van der Waals surface area contributed by atoms with Crippen LogP contribution >= 0.6 is 0 Å². The first kappa shape index (κ1) is 26.0. The number of carbonyl (C=O) groups excluding carboxylic acids is 4. The van der Waals surface area contributed by atoms with E-state index in [2.05, 4.69) is 0 Å². The molecule has 4 rings (SSSR count). The first-order valence-corrected chi connectivity index (χ1v) is 10.6. The molecule has 4 N–H and O–H groups in total. The molecule has 1 spiro atoms. The summed E-state index contributed by atoms with van der Waals surface area (Å²) in [6, 6.07) is 5.53. The Bertz CT molecular complexity index is 1370. The second-order valence-electron chi connectivity index (χ2n) is 8.84. The Kier molecular flexibility index (Phi) is 5.58. The summed E-state index contributed by atoms with van der Waals surface area (Å²) in [6.45, 7) is 2.26. The zero-order chi connectivity index (χ0) is 27.8. The molecule has 1 unspecified atom stereocenters. The number of imide groups is 2. The van der Waals surface area contributed by atoms with Crippen molar-refractivity contribution in [1.82, 2.24) is 0 Å². The van der Waals surface area contributed by atoms with E-state index >= 15 is 0 Å². The van der Waals surface area contributed by atoms with Gasteiger partial charge in [0.2, 0.25) is 11.8 Å². The van der Waals surface area contributed by atoms with Crippen molar-refractivity contribution in [2.75, 3.05) is 21.3 Å². The van der Waals surface area contributed by atoms with Crippen LogP contribution in [0.5, 0.6) is 0 Å². The predicted molar refractivity (Wildman–Crippen MR) is 118 cm³/mol. The smallest absolute Gasteiger partial charge is 0.399 e. The molecule has 0 aromatic heterocycles. The van der Waals surface area contributed by atoms with Gasteiger partial charge in [0.25, 0.3) is 11.8 Å². The summed E-state index contributed by atoms with van der Waals surface area (Å²) in [5.74, 6) is -12.4. The summed E-state index contributed by atoms with van der Waals surface area (Å²) < 4.78 is 84.3. The Morgan fingerprint density at radius 3 is 1.76 bits per heavy atom. The molecule has 37 heavy (non-hydrogen) atoms.